The van der Waals surface area contributed by atoms with Crippen molar-refractivity contribution in [2.75, 3.05) is 4.90 Å². The van der Waals surface area contributed by atoms with Crippen LogP contribution in [0.4, 0.5) is 5.69 Å². The van der Waals surface area contributed by atoms with Crippen LogP contribution in [0.5, 0.6) is 0 Å². The molecule has 7 heteroatoms. The number of hydrogen-bond donors (Lipinski definition) is 0. The molecule has 6 nitrogen and oxygen atoms in total. The molecule has 0 saturated heterocycles. The molecule has 1 aromatic carbocycles. The van der Waals surface area contributed by atoms with Crippen LogP contribution in [-0.4, -0.2) is 25.3 Å². The van der Waals surface area contributed by atoms with Crippen LogP contribution in [0.1, 0.15) is 27.3 Å². The summed E-state index contributed by atoms with van der Waals surface area (Å²) in [6.45, 7) is 2.94. The molecule has 2 aromatic heterocycles. The van der Waals surface area contributed by atoms with Crippen LogP contribution >= 0.6 is 11.5 Å². The minimum Gasteiger partial charge on any atom is -0.302 e. The van der Waals surface area contributed by atoms with Crippen molar-refractivity contribution < 1.29 is 4.79 Å². The standard InChI is InChI=1S/C15H13N5OS/c1-10-13(9-22-17-10)15(21)19-8-12-6-16-18-20(12)7-11-4-2-3-5-14(11)19/h2-6,9H,7-8H2,1H3. The van der Waals surface area contributed by atoms with E-state index < -0.39 is 0 Å². The first-order chi connectivity index (χ1) is 10.7. The summed E-state index contributed by atoms with van der Waals surface area (Å²) < 4.78 is 6.05. The van der Waals surface area contributed by atoms with Gasteiger partial charge in [-0.3, -0.25) is 4.79 Å². The van der Waals surface area contributed by atoms with Gasteiger partial charge in [0.25, 0.3) is 5.91 Å². The summed E-state index contributed by atoms with van der Waals surface area (Å²) in [5.41, 5.74) is 4.32. The normalized spacial score (nSPS) is 13.4. The molecule has 4 rings (SSSR count). The van der Waals surface area contributed by atoms with Gasteiger partial charge in [0.2, 0.25) is 0 Å². The van der Waals surface area contributed by atoms with Crippen molar-refractivity contribution in [3.05, 3.63) is 58.4 Å². The summed E-state index contributed by atoms with van der Waals surface area (Å²) in [6.07, 6.45) is 1.71. The third kappa shape index (κ3) is 2.01. The second kappa shape index (κ2) is 5.03. The number of aryl methyl sites for hydroxylation is 1. The minimum absolute atomic E-state index is 0.0339. The highest BCUT2D eigenvalue weighted by Gasteiger charge is 2.27. The molecule has 0 N–H and O–H groups in total. The zero-order valence-corrected chi connectivity index (χ0v) is 12.7. The fourth-order valence-corrected chi connectivity index (χ4v) is 3.36. The number of carbonyl (C=O) groups is 1. The monoisotopic (exact) mass is 311 g/mol. The van der Waals surface area contributed by atoms with Crippen molar-refractivity contribution in [1.29, 1.82) is 0 Å². The third-order valence-electron chi connectivity index (χ3n) is 3.85. The lowest BCUT2D eigenvalue weighted by molar-refractivity contribution is 0.0984. The predicted octanol–water partition coefficient (Wildman–Crippen LogP) is 2.25. The Kier molecular flexibility index (Phi) is 3.00. The average Bonchev–Trinajstić information content (AvgIpc) is 3.11. The molecule has 1 aliphatic rings. The molecule has 0 bridgehead atoms. The van der Waals surface area contributed by atoms with Gasteiger partial charge in [0, 0.05) is 11.1 Å². The number of para-hydroxylation sites is 1. The third-order valence-corrected chi connectivity index (χ3v) is 4.57. The molecular formula is C15H13N5OS. The van der Waals surface area contributed by atoms with E-state index in [4.69, 9.17) is 0 Å². The Morgan fingerprint density at radius 3 is 2.95 bits per heavy atom. The molecule has 1 aliphatic heterocycles. The highest BCUT2D eigenvalue weighted by Crippen LogP contribution is 2.28. The molecular weight excluding hydrogens is 298 g/mol. The van der Waals surface area contributed by atoms with E-state index in [9.17, 15) is 4.79 Å². The molecule has 0 aliphatic carbocycles. The Bertz CT molecular complexity index is 853. The zero-order valence-electron chi connectivity index (χ0n) is 11.9. The lowest BCUT2D eigenvalue weighted by atomic mass is 10.1. The lowest BCUT2D eigenvalue weighted by Gasteiger charge is -2.22. The van der Waals surface area contributed by atoms with Gasteiger partial charge in [0.05, 0.1) is 36.2 Å². The highest BCUT2D eigenvalue weighted by atomic mass is 32.1. The minimum atomic E-state index is -0.0339. The SMILES string of the molecule is Cc1nscc1C(=O)N1Cc2cnnn2Cc2ccccc21. The molecule has 1 amide bonds. The molecule has 0 atom stereocenters. The zero-order chi connectivity index (χ0) is 15.1. The fourth-order valence-electron chi connectivity index (χ4n) is 2.68. The van der Waals surface area contributed by atoms with Gasteiger partial charge in [-0.2, -0.15) is 4.37 Å². The summed E-state index contributed by atoms with van der Waals surface area (Å²) in [6, 6.07) is 7.92. The van der Waals surface area contributed by atoms with Crippen LogP contribution in [0.3, 0.4) is 0 Å². The second-order valence-electron chi connectivity index (χ2n) is 5.22. The van der Waals surface area contributed by atoms with Gasteiger partial charge in [-0.05, 0) is 30.1 Å². The lowest BCUT2D eigenvalue weighted by Crippen LogP contribution is -2.30. The van der Waals surface area contributed by atoms with Gasteiger partial charge in [0.15, 0.2) is 0 Å². The molecule has 0 saturated carbocycles. The van der Waals surface area contributed by atoms with Crippen molar-refractivity contribution >= 4 is 23.1 Å². The van der Waals surface area contributed by atoms with Crippen molar-refractivity contribution in [2.45, 2.75) is 20.0 Å². The van der Waals surface area contributed by atoms with E-state index in [0.717, 1.165) is 22.6 Å². The molecule has 0 spiro atoms. The maximum Gasteiger partial charge on any atom is 0.261 e. The van der Waals surface area contributed by atoms with Crippen molar-refractivity contribution in [2.24, 2.45) is 0 Å². The van der Waals surface area contributed by atoms with Gasteiger partial charge in [-0.25, -0.2) is 4.68 Å². The summed E-state index contributed by atoms with van der Waals surface area (Å²) in [5.74, 6) is -0.0339. The number of benzene rings is 1. The van der Waals surface area contributed by atoms with Crippen molar-refractivity contribution in [3.8, 4) is 0 Å². The van der Waals surface area contributed by atoms with E-state index in [1.807, 2.05) is 35.9 Å². The first-order valence-corrected chi connectivity index (χ1v) is 7.76. The number of rotatable bonds is 1. The topological polar surface area (TPSA) is 63.9 Å². The number of nitrogens with zero attached hydrogens (tertiary/aromatic N) is 5. The molecule has 0 unspecified atom stereocenters. The smallest absolute Gasteiger partial charge is 0.261 e. The van der Waals surface area contributed by atoms with Gasteiger partial charge in [0.1, 0.15) is 0 Å². The Balaban J connectivity index is 1.84. The predicted molar refractivity (Wildman–Crippen MR) is 82.9 cm³/mol. The number of fused-ring (bicyclic) bond motifs is 2. The average molecular weight is 311 g/mol. The number of anilines is 1. The first-order valence-electron chi connectivity index (χ1n) is 6.92. The van der Waals surface area contributed by atoms with Crippen LogP contribution in [0.2, 0.25) is 0 Å². The molecule has 110 valence electrons. The van der Waals surface area contributed by atoms with Gasteiger partial charge < -0.3 is 4.90 Å². The first kappa shape index (κ1) is 13.1. The van der Waals surface area contributed by atoms with E-state index in [0.29, 0.717) is 18.7 Å². The summed E-state index contributed by atoms with van der Waals surface area (Å²) in [4.78, 5) is 14.8. The van der Waals surface area contributed by atoms with E-state index in [-0.39, 0.29) is 5.91 Å². The molecule has 0 radical (unpaired) electrons. The van der Waals surface area contributed by atoms with Gasteiger partial charge in [-0.15, -0.1) is 5.10 Å². The van der Waals surface area contributed by atoms with Gasteiger partial charge in [-0.1, -0.05) is 23.4 Å². The van der Waals surface area contributed by atoms with Crippen LogP contribution in [-0.2, 0) is 13.1 Å². The fraction of sp³-hybridized carbons (Fsp3) is 0.200. The molecule has 3 aromatic rings. The number of hydrogen-bond acceptors (Lipinski definition) is 5. The summed E-state index contributed by atoms with van der Waals surface area (Å²) in [5, 5.41) is 9.87. The van der Waals surface area contributed by atoms with E-state index in [2.05, 4.69) is 14.7 Å². The van der Waals surface area contributed by atoms with Crippen LogP contribution in [0.15, 0.2) is 35.8 Å². The Labute approximate surface area is 131 Å². The summed E-state index contributed by atoms with van der Waals surface area (Å²) in [7, 11) is 0. The summed E-state index contributed by atoms with van der Waals surface area (Å²) >= 11 is 1.30. The largest absolute Gasteiger partial charge is 0.302 e. The Morgan fingerprint density at radius 1 is 1.27 bits per heavy atom. The van der Waals surface area contributed by atoms with E-state index in [1.54, 1.807) is 16.5 Å². The van der Waals surface area contributed by atoms with Crippen LogP contribution < -0.4 is 4.90 Å². The Hall–Kier alpha value is -2.54. The molecule has 22 heavy (non-hydrogen) atoms. The van der Waals surface area contributed by atoms with Crippen LogP contribution in [0, 0.1) is 6.92 Å². The quantitative estimate of drug-likeness (QED) is 0.691. The van der Waals surface area contributed by atoms with Crippen LogP contribution in [0.25, 0.3) is 0 Å². The number of amides is 1. The van der Waals surface area contributed by atoms with Crippen molar-refractivity contribution in [3.63, 3.8) is 0 Å². The maximum atomic E-state index is 13.0. The number of aromatic nitrogens is 4. The molecule has 3 heterocycles. The second-order valence-corrected chi connectivity index (χ2v) is 5.85. The molecule has 0 fully saturated rings. The maximum absolute atomic E-state index is 13.0. The van der Waals surface area contributed by atoms with Crippen molar-refractivity contribution in [1.82, 2.24) is 19.4 Å². The van der Waals surface area contributed by atoms with Gasteiger partial charge >= 0.3 is 0 Å². The van der Waals surface area contributed by atoms with E-state index in [1.165, 1.54) is 11.5 Å². The van der Waals surface area contributed by atoms with E-state index >= 15 is 0 Å². The highest BCUT2D eigenvalue weighted by molar-refractivity contribution is 7.04. The number of carbonyl (C=O) groups excluding carboxylic acids is 1. The Morgan fingerprint density at radius 2 is 2.14 bits per heavy atom.